The molecule has 1 aromatic carbocycles. The van der Waals surface area contributed by atoms with Gasteiger partial charge in [0.25, 0.3) is 0 Å². The summed E-state index contributed by atoms with van der Waals surface area (Å²) in [6.07, 6.45) is 1.79. The zero-order valence-electron chi connectivity index (χ0n) is 11.3. The van der Waals surface area contributed by atoms with Crippen LogP contribution in [0.5, 0.6) is 0 Å². The first kappa shape index (κ1) is 13.6. The number of furan rings is 1. The summed E-state index contributed by atoms with van der Waals surface area (Å²) in [6.45, 7) is 3.70. The van der Waals surface area contributed by atoms with Crippen LogP contribution in [0, 0.1) is 12.8 Å². The van der Waals surface area contributed by atoms with E-state index in [1.165, 1.54) is 0 Å². The van der Waals surface area contributed by atoms with Crippen molar-refractivity contribution in [1.82, 2.24) is 5.32 Å². The first-order valence-electron chi connectivity index (χ1n) is 6.85. The molecule has 0 bridgehead atoms. The molecule has 2 aromatic rings. The third-order valence-electron chi connectivity index (χ3n) is 3.78. The van der Waals surface area contributed by atoms with E-state index in [-0.39, 0.29) is 11.8 Å². The lowest BCUT2D eigenvalue weighted by molar-refractivity contribution is -0.120. The van der Waals surface area contributed by atoms with Crippen LogP contribution in [-0.2, 0) is 4.79 Å². The van der Waals surface area contributed by atoms with Crippen LogP contribution in [0.4, 0.5) is 5.69 Å². The Kier molecular flexibility index (Phi) is 3.81. The zero-order chi connectivity index (χ0) is 14.1. The van der Waals surface area contributed by atoms with Gasteiger partial charge in [0.1, 0.15) is 11.3 Å². The highest BCUT2D eigenvalue weighted by atomic mass is 79.9. The van der Waals surface area contributed by atoms with Gasteiger partial charge >= 0.3 is 0 Å². The molecule has 106 valence electrons. The molecule has 1 aliphatic heterocycles. The molecule has 1 aliphatic rings. The summed E-state index contributed by atoms with van der Waals surface area (Å²) in [5.41, 5.74) is 1.59. The Bertz CT molecular complexity index is 645. The molecular weight excluding hydrogens is 320 g/mol. The van der Waals surface area contributed by atoms with Crippen molar-refractivity contribution < 1.29 is 9.21 Å². The smallest absolute Gasteiger partial charge is 0.227 e. The first-order chi connectivity index (χ1) is 9.65. The van der Waals surface area contributed by atoms with E-state index in [4.69, 9.17) is 4.42 Å². The predicted molar refractivity (Wildman–Crippen MR) is 82.9 cm³/mol. The molecule has 0 radical (unpaired) electrons. The second-order valence-electron chi connectivity index (χ2n) is 5.19. The van der Waals surface area contributed by atoms with Crippen molar-refractivity contribution in [2.45, 2.75) is 19.8 Å². The summed E-state index contributed by atoms with van der Waals surface area (Å²) < 4.78 is 6.67. The van der Waals surface area contributed by atoms with Crippen LogP contribution in [-0.4, -0.2) is 19.0 Å². The van der Waals surface area contributed by atoms with Gasteiger partial charge in [-0.25, -0.2) is 0 Å². The van der Waals surface area contributed by atoms with Gasteiger partial charge in [-0.2, -0.15) is 0 Å². The van der Waals surface area contributed by atoms with Gasteiger partial charge in [-0.3, -0.25) is 4.79 Å². The lowest BCUT2D eigenvalue weighted by atomic mass is 9.97. The van der Waals surface area contributed by atoms with Crippen LogP contribution in [0.2, 0.25) is 0 Å². The van der Waals surface area contributed by atoms with Crippen molar-refractivity contribution in [2.24, 2.45) is 5.92 Å². The molecule has 1 aromatic heterocycles. The zero-order valence-corrected chi connectivity index (χ0v) is 12.9. The molecule has 0 aliphatic carbocycles. The summed E-state index contributed by atoms with van der Waals surface area (Å²) in [5.74, 6) is 0.936. The summed E-state index contributed by atoms with van der Waals surface area (Å²) in [7, 11) is 0. The molecule has 2 N–H and O–H groups in total. The first-order valence-corrected chi connectivity index (χ1v) is 7.64. The third-order valence-corrected chi connectivity index (χ3v) is 4.28. The maximum atomic E-state index is 12.4. The molecule has 1 fully saturated rings. The number of rotatable bonds is 2. The molecule has 20 heavy (non-hydrogen) atoms. The van der Waals surface area contributed by atoms with Crippen LogP contribution in [0.15, 0.2) is 27.1 Å². The Balaban J connectivity index is 1.88. The fourth-order valence-corrected chi connectivity index (χ4v) is 3.02. The number of hydrogen-bond acceptors (Lipinski definition) is 3. The Hall–Kier alpha value is -1.33. The van der Waals surface area contributed by atoms with Crippen LogP contribution >= 0.6 is 15.9 Å². The minimum Gasteiger partial charge on any atom is -0.459 e. The highest BCUT2D eigenvalue weighted by Gasteiger charge is 2.23. The van der Waals surface area contributed by atoms with Crippen LogP contribution in [0.25, 0.3) is 11.0 Å². The molecule has 1 saturated heterocycles. The number of carbonyl (C=O) groups is 1. The Morgan fingerprint density at radius 3 is 2.90 bits per heavy atom. The number of benzene rings is 1. The number of hydrogen-bond donors (Lipinski definition) is 2. The highest BCUT2D eigenvalue weighted by molar-refractivity contribution is 9.10. The highest BCUT2D eigenvalue weighted by Crippen LogP contribution is 2.33. The van der Waals surface area contributed by atoms with Crippen molar-refractivity contribution in [3.05, 3.63) is 28.4 Å². The fourth-order valence-electron chi connectivity index (χ4n) is 2.66. The van der Waals surface area contributed by atoms with Crippen molar-refractivity contribution >= 4 is 38.5 Å². The number of amides is 1. The SMILES string of the molecule is Cc1oc2ccc(Br)cc2c1NC(=O)C1CCNCC1. The Morgan fingerprint density at radius 1 is 1.40 bits per heavy atom. The second-order valence-corrected chi connectivity index (χ2v) is 6.10. The van der Waals surface area contributed by atoms with E-state index in [9.17, 15) is 4.79 Å². The van der Waals surface area contributed by atoms with E-state index in [1.807, 2.05) is 25.1 Å². The van der Waals surface area contributed by atoms with Gasteiger partial charge in [-0.15, -0.1) is 0 Å². The number of halogens is 1. The van der Waals surface area contributed by atoms with Gasteiger partial charge in [-0.05, 0) is 51.1 Å². The van der Waals surface area contributed by atoms with Gasteiger partial charge in [-0.1, -0.05) is 15.9 Å². The molecule has 5 heteroatoms. The largest absolute Gasteiger partial charge is 0.459 e. The lowest BCUT2D eigenvalue weighted by Crippen LogP contribution is -2.34. The van der Waals surface area contributed by atoms with E-state index in [1.54, 1.807) is 0 Å². The van der Waals surface area contributed by atoms with Crippen molar-refractivity contribution in [1.29, 1.82) is 0 Å². The second kappa shape index (κ2) is 5.58. The van der Waals surface area contributed by atoms with Gasteiger partial charge in [0, 0.05) is 15.8 Å². The maximum absolute atomic E-state index is 12.4. The summed E-state index contributed by atoms with van der Waals surface area (Å²) >= 11 is 3.46. The topological polar surface area (TPSA) is 54.3 Å². The van der Waals surface area contributed by atoms with Crippen molar-refractivity contribution in [2.75, 3.05) is 18.4 Å². The summed E-state index contributed by atoms with van der Waals surface area (Å²) in [5, 5.41) is 7.26. The minimum atomic E-state index is 0.0905. The minimum absolute atomic E-state index is 0.0905. The van der Waals surface area contributed by atoms with E-state index < -0.39 is 0 Å². The van der Waals surface area contributed by atoms with Gasteiger partial charge in [0.05, 0.1) is 5.69 Å². The molecule has 3 rings (SSSR count). The van der Waals surface area contributed by atoms with E-state index in [0.29, 0.717) is 0 Å². The van der Waals surface area contributed by atoms with Crippen molar-refractivity contribution in [3.8, 4) is 0 Å². The van der Waals surface area contributed by atoms with E-state index in [2.05, 4.69) is 26.6 Å². The molecule has 4 nitrogen and oxygen atoms in total. The molecule has 0 atom stereocenters. The summed E-state index contributed by atoms with van der Waals surface area (Å²) in [4.78, 5) is 12.4. The Labute approximate surface area is 126 Å². The van der Waals surface area contributed by atoms with Crippen LogP contribution < -0.4 is 10.6 Å². The number of carbonyl (C=O) groups excluding carboxylic acids is 1. The number of nitrogens with one attached hydrogen (secondary N) is 2. The van der Waals surface area contributed by atoms with Gasteiger partial charge in [0.2, 0.25) is 5.91 Å². The van der Waals surface area contributed by atoms with Crippen LogP contribution in [0.3, 0.4) is 0 Å². The molecule has 0 spiro atoms. The Morgan fingerprint density at radius 2 is 2.15 bits per heavy atom. The van der Waals surface area contributed by atoms with E-state index in [0.717, 1.165) is 52.8 Å². The monoisotopic (exact) mass is 336 g/mol. The maximum Gasteiger partial charge on any atom is 0.227 e. The van der Waals surface area contributed by atoms with Gasteiger partial charge in [0.15, 0.2) is 0 Å². The molecule has 2 heterocycles. The van der Waals surface area contributed by atoms with Crippen molar-refractivity contribution in [3.63, 3.8) is 0 Å². The number of anilines is 1. The molecular formula is C15H17BrN2O2. The average molecular weight is 337 g/mol. The van der Waals surface area contributed by atoms with Gasteiger partial charge < -0.3 is 15.1 Å². The molecule has 1 amide bonds. The van der Waals surface area contributed by atoms with E-state index >= 15 is 0 Å². The lowest BCUT2D eigenvalue weighted by Gasteiger charge is -2.21. The average Bonchev–Trinajstić information content (AvgIpc) is 2.76. The predicted octanol–water partition coefficient (Wildman–Crippen LogP) is 3.44. The number of aryl methyl sites for hydroxylation is 1. The number of piperidine rings is 1. The fraction of sp³-hybridized carbons (Fsp3) is 0.400. The normalized spacial score (nSPS) is 16.5. The molecule has 0 saturated carbocycles. The quantitative estimate of drug-likeness (QED) is 0.883. The summed E-state index contributed by atoms with van der Waals surface area (Å²) in [6, 6.07) is 5.82. The third kappa shape index (κ3) is 2.60. The molecule has 0 unspecified atom stereocenters. The van der Waals surface area contributed by atoms with Crippen LogP contribution in [0.1, 0.15) is 18.6 Å². The standard InChI is InChI=1S/C15H17BrN2O2/c1-9-14(12-8-11(16)2-3-13(12)20-9)18-15(19)10-4-6-17-7-5-10/h2-3,8,10,17H,4-7H2,1H3,(H,18,19). The number of fused-ring (bicyclic) bond motifs is 1.